The lowest BCUT2D eigenvalue weighted by atomic mass is 9.92. The molecule has 1 aliphatic rings. The van der Waals surface area contributed by atoms with Gasteiger partial charge in [0.25, 0.3) is 5.91 Å². The van der Waals surface area contributed by atoms with Gasteiger partial charge in [-0.1, -0.05) is 13.8 Å². The van der Waals surface area contributed by atoms with E-state index in [0.29, 0.717) is 0 Å². The monoisotopic (exact) mass is 199 g/mol. The van der Waals surface area contributed by atoms with Crippen molar-refractivity contribution in [3.63, 3.8) is 0 Å². The number of hydrogen-bond acceptors (Lipinski definition) is 4. The molecule has 1 heterocycles. The summed E-state index contributed by atoms with van der Waals surface area (Å²) in [7, 11) is 0. The second kappa shape index (κ2) is 3.38. The van der Waals surface area contributed by atoms with E-state index in [2.05, 4.69) is 0 Å². The number of carbonyl (C=O) groups excluding carboxylic acids is 3. The first-order chi connectivity index (χ1) is 6.38. The van der Waals surface area contributed by atoms with Crippen molar-refractivity contribution in [2.45, 2.75) is 20.3 Å². The van der Waals surface area contributed by atoms with Crippen molar-refractivity contribution >= 4 is 17.7 Å². The zero-order valence-electron chi connectivity index (χ0n) is 8.16. The normalized spacial score (nSPS) is 20.1. The summed E-state index contributed by atoms with van der Waals surface area (Å²) in [6.45, 7) is 3.05. The van der Waals surface area contributed by atoms with E-state index in [-0.39, 0.29) is 24.8 Å². The first-order valence-corrected chi connectivity index (χ1v) is 4.23. The number of hydrogen-bond donors (Lipinski definition) is 2. The molecule has 1 rings (SSSR count). The maximum Gasteiger partial charge on any atom is 0.254 e. The number of imide groups is 1. The maximum atomic E-state index is 11.6. The van der Waals surface area contributed by atoms with Crippen LogP contribution in [-0.2, 0) is 14.4 Å². The van der Waals surface area contributed by atoms with Gasteiger partial charge in [0.15, 0.2) is 0 Å². The molecule has 3 N–H and O–H groups in total. The summed E-state index contributed by atoms with van der Waals surface area (Å²) in [5.41, 5.74) is 1.17. The second-order valence-corrected chi connectivity index (χ2v) is 3.91. The molecule has 0 aromatic rings. The second-order valence-electron chi connectivity index (χ2n) is 3.91. The van der Waals surface area contributed by atoms with Crippen LogP contribution in [0.5, 0.6) is 0 Å². The molecule has 0 saturated carbocycles. The molecule has 1 fully saturated rings. The Kier molecular flexibility index (Phi) is 2.57. The Labute approximate surface area is 81.4 Å². The van der Waals surface area contributed by atoms with Crippen molar-refractivity contribution in [3.05, 3.63) is 0 Å². The Bertz CT molecular complexity index is 298. The van der Waals surface area contributed by atoms with Gasteiger partial charge >= 0.3 is 0 Å². The molecule has 78 valence electrons. The summed E-state index contributed by atoms with van der Waals surface area (Å²) in [6, 6.07) is 0. The van der Waals surface area contributed by atoms with E-state index in [1.54, 1.807) is 13.8 Å². The minimum absolute atomic E-state index is 0.143. The summed E-state index contributed by atoms with van der Waals surface area (Å²) >= 11 is 0. The number of nitrogens with two attached hydrogens (primary N) is 1. The average Bonchev–Trinajstić information content (AvgIpc) is 2.28. The van der Waals surface area contributed by atoms with Crippen molar-refractivity contribution in [3.8, 4) is 0 Å². The lowest BCUT2D eigenvalue weighted by molar-refractivity contribution is -0.144. The summed E-state index contributed by atoms with van der Waals surface area (Å²) in [6.07, 6.45) is 0.143. The summed E-state index contributed by atoms with van der Waals surface area (Å²) < 4.78 is 0. The van der Waals surface area contributed by atoms with E-state index in [1.807, 2.05) is 5.43 Å². The largest absolute Gasteiger partial charge is 0.293 e. The van der Waals surface area contributed by atoms with Gasteiger partial charge < -0.3 is 0 Å². The van der Waals surface area contributed by atoms with Gasteiger partial charge in [0, 0.05) is 6.42 Å². The molecule has 1 aliphatic heterocycles. The van der Waals surface area contributed by atoms with Crippen molar-refractivity contribution in [1.82, 2.24) is 10.3 Å². The van der Waals surface area contributed by atoms with Gasteiger partial charge in [0.1, 0.15) is 6.54 Å². The number of nitrogens with zero attached hydrogens (tertiary/aromatic N) is 1. The minimum Gasteiger partial charge on any atom is -0.293 e. The first kappa shape index (κ1) is 10.6. The summed E-state index contributed by atoms with van der Waals surface area (Å²) in [5, 5.41) is 0. The molecule has 14 heavy (non-hydrogen) atoms. The Hall–Kier alpha value is -1.43. The molecule has 0 unspecified atom stereocenters. The topological polar surface area (TPSA) is 92.5 Å². The molecule has 1 saturated heterocycles. The van der Waals surface area contributed by atoms with Crippen LogP contribution < -0.4 is 11.3 Å². The molecular formula is C8H13N3O3. The van der Waals surface area contributed by atoms with E-state index >= 15 is 0 Å². The highest BCUT2D eigenvalue weighted by Gasteiger charge is 2.45. The highest BCUT2D eigenvalue weighted by Crippen LogP contribution is 2.31. The van der Waals surface area contributed by atoms with E-state index < -0.39 is 11.3 Å². The third-order valence-electron chi connectivity index (χ3n) is 2.18. The van der Waals surface area contributed by atoms with Gasteiger partial charge in [-0.05, 0) is 0 Å². The Morgan fingerprint density at radius 2 is 2.14 bits per heavy atom. The molecular weight excluding hydrogens is 186 g/mol. The van der Waals surface area contributed by atoms with Crippen LogP contribution in [0.25, 0.3) is 0 Å². The minimum atomic E-state index is -0.702. The zero-order valence-corrected chi connectivity index (χ0v) is 8.16. The molecule has 0 atom stereocenters. The van der Waals surface area contributed by atoms with Gasteiger partial charge in [-0.3, -0.25) is 24.7 Å². The molecule has 0 aliphatic carbocycles. The highest BCUT2D eigenvalue weighted by atomic mass is 16.2. The molecule has 0 spiro atoms. The van der Waals surface area contributed by atoms with Crippen LogP contribution in [0.1, 0.15) is 20.3 Å². The Balaban J connectivity index is 2.76. The molecule has 3 amide bonds. The van der Waals surface area contributed by atoms with E-state index in [9.17, 15) is 14.4 Å². The quantitative estimate of drug-likeness (QED) is 0.252. The number of hydrazine groups is 1. The SMILES string of the molecule is CC1(C)CC(=O)N(CC(=O)NN)C1=O. The maximum absolute atomic E-state index is 11.6. The third kappa shape index (κ3) is 1.74. The van der Waals surface area contributed by atoms with Crippen molar-refractivity contribution in [1.29, 1.82) is 0 Å². The third-order valence-corrected chi connectivity index (χ3v) is 2.18. The lowest BCUT2D eigenvalue weighted by Gasteiger charge is -2.16. The van der Waals surface area contributed by atoms with Crippen LogP contribution in [0.2, 0.25) is 0 Å². The van der Waals surface area contributed by atoms with Crippen molar-refractivity contribution in [2.75, 3.05) is 6.54 Å². The molecule has 0 aromatic heterocycles. The van der Waals surface area contributed by atoms with Crippen LogP contribution in [0, 0.1) is 5.41 Å². The smallest absolute Gasteiger partial charge is 0.254 e. The summed E-state index contributed by atoms with van der Waals surface area (Å²) in [5.74, 6) is 3.65. The summed E-state index contributed by atoms with van der Waals surface area (Å²) in [4.78, 5) is 34.7. The van der Waals surface area contributed by atoms with Gasteiger partial charge in [-0.2, -0.15) is 0 Å². The number of nitrogens with one attached hydrogen (secondary N) is 1. The number of amides is 3. The molecule has 6 nitrogen and oxygen atoms in total. The average molecular weight is 199 g/mol. The van der Waals surface area contributed by atoms with Gasteiger partial charge in [0.05, 0.1) is 5.41 Å². The fraction of sp³-hybridized carbons (Fsp3) is 0.625. The molecule has 0 bridgehead atoms. The molecule has 0 radical (unpaired) electrons. The fourth-order valence-electron chi connectivity index (χ4n) is 1.38. The number of rotatable bonds is 2. The molecule has 6 heteroatoms. The molecule has 0 aromatic carbocycles. The predicted molar refractivity (Wildman–Crippen MR) is 47.4 cm³/mol. The lowest BCUT2D eigenvalue weighted by Crippen LogP contribution is -2.43. The Morgan fingerprint density at radius 3 is 2.50 bits per heavy atom. The van der Waals surface area contributed by atoms with Gasteiger partial charge in [-0.15, -0.1) is 0 Å². The van der Waals surface area contributed by atoms with Gasteiger partial charge in [-0.25, -0.2) is 5.84 Å². The van der Waals surface area contributed by atoms with E-state index in [4.69, 9.17) is 5.84 Å². The van der Waals surface area contributed by atoms with Crippen molar-refractivity contribution < 1.29 is 14.4 Å². The van der Waals surface area contributed by atoms with Crippen LogP contribution in [-0.4, -0.2) is 29.2 Å². The fourth-order valence-corrected chi connectivity index (χ4v) is 1.38. The highest BCUT2D eigenvalue weighted by molar-refractivity contribution is 6.07. The van der Waals surface area contributed by atoms with Crippen LogP contribution >= 0.6 is 0 Å². The van der Waals surface area contributed by atoms with Crippen LogP contribution in [0.15, 0.2) is 0 Å². The van der Waals surface area contributed by atoms with Crippen LogP contribution in [0.3, 0.4) is 0 Å². The zero-order chi connectivity index (χ0) is 10.9. The predicted octanol–water partition coefficient (Wildman–Crippen LogP) is -1.24. The van der Waals surface area contributed by atoms with Gasteiger partial charge in [0.2, 0.25) is 11.8 Å². The number of likely N-dealkylation sites (tertiary alicyclic amines) is 1. The number of carbonyl (C=O) groups is 3. The van der Waals surface area contributed by atoms with E-state index in [1.165, 1.54) is 0 Å². The standard InChI is InChI=1S/C8H13N3O3/c1-8(2)3-6(13)11(7(8)14)4-5(12)10-9/h3-4,9H2,1-2H3,(H,10,12). The van der Waals surface area contributed by atoms with Crippen molar-refractivity contribution in [2.24, 2.45) is 11.3 Å². The Morgan fingerprint density at radius 1 is 1.57 bits per heavy atom. The van der Waals surface area contributed by atoms with Crippen LogP contribution in [0.4, 0.5) is 0 Å². The first-order valence-electron chi connectivity index (χ1n) is 4.23. The van der Waals surface area contributed by atoms with E-state index in [0.717, 1.165) is 4.90 Å².